The van der Waals surface area contributed by atoms with Gasteiger partial charge in [0.15, 0.2) is 10.7 Å². The molecule has 43 heavy (non-hydrogen) atoms. The molecule has 4 saturated carbocycles. The maximum atomic E-state index is 14.4. The Labute approximate surface area is 253 Å². The summed E-state index contributed by atoms with van der Waals surface area (Å²) in [6, 6.07) is 0. The number of nitrogens with zero attached hydrogens (tertiary/aromatic N) is 1. The van der Waals surface area contributed by atoms with Gasteiger partial charge in [-0.3, -0.25) is 9.79 Å². The van der Waals surface area contributed by atoms with Crippen LogP contribution in [0.15, 0.2) is 16.6 Å². The number of carbonyl (C=O) groups is 2. The lowest BCUT2D eigenvalue weighted by Gasteiger charge is -2.65. The van der Waals surface area contributed by atoms with Crippen LogP contribution in [0.3, 0.4) is 0 Å². The summed E-state index contributed by atoms with van der Waals surface area (Å²) < 4.78 is 31.0. The topological polar surface area (TPSA) is 157 Å². The first-order chi connectivity index (χ1) is 20.3. The summed E-state index contributed by atoms with van der Waals surface area (Å²) in [5.41, 5.74) is -3.91. The molecule has 0 radical (unpaired) electrons. The molecule has 2 spiro atoms. The zero-order chi connectivity index (χ0) is 29.9. The van der Waals surface area contributed by atoms with Crippen LogP contribution in [-0.4, -0.2) is 104 Å². The number of thioether (sulfide) groups is 1. The van der Waals surface area contributed by atoms with E-state index in [1.807, 2.05) is 6.92 Å². The highest BCUT2D eigenvalue weighted by Crippen LogP contribution is 2.77. The number of Topliss-reactive ketones (excluding diaryl/α,β-unsaturated/α-hetero) is 1. The molecule has 0 aromatic carbocycles. The largest absolute Gasteiger partial charge is 0.458 e. The highest BCUT2D eigenvalue weighted by atomic mass is 32.2. The predicted octanol–water partition coefficient (Wildman–Crippen LogP) is 1.26. The van der Waals surface area contributed by atoms with E-state index >= 15 is 0 Å². The Morgan fingerprint density at radius 2 is 1.88 bits per heavy atom. The normalized spacial score (nSPS) is 61.2. The maximum absolute atomic E-state index is 14.4. The molecule has 12 heteroatoms. The van der Waals surface area contributed by atoms with E-state index < -0.39 is 74.8 Å². The van der Waals surface area contributed by atoms with Gasteiger partial charge < -0.3 is 39.0 Å². The number of fused-ring (bicyclic) bond motifs is 6. The molecule has 15 unspecified atom stereocenters. The van der Waals surface area contributed by atoms with Gasteiger partial charge in [-0.05, 0) is 68.8 Å². The van der Waals surface area contributed by atoms with Gasteiger partial charge in [-0.25, -0.2) is 4.79 Å². The van der Waals surface area contributed by atoms with Gasteiger partial charge in [0.05, 0.1) is 29.8 Å². The van der Waals surface area contributed by atoms with Crippen molar-refractivity contribution < 1.29 is 48.6 Å². The van der Waals surface area contributed by atoms with E-state index in [0.717, 1.165) is 0 Å². The fraction of sp³-hybridized carbons (Fsp3) is 0.839. The Morgan fingerprint density at radius 1 is 1.07 bits per heavy atom. The van der Waals surface area contributed by atoms with Crippen LogP contribution in [0.4, 0.5) is 0 Å². The van der Waals surface area contributed by atoms with Gasteiger partial charge in [0.25, 0.3) is 5.79 Å². The minimum atomic E-state index is -1.79. The second-order valence-corrected chi connectivity index (χ2v) is 16.3. The first-order valence-corrected chi connectivity index (χ1v) is 16.7. The molecule has 11 nitrogen and oxygen atoms in total. The number of epoxide rings is 1. The summed E-state index contributed by atoms with van der Waals surface area (Å²) in [5, 5.41) is 36.8. The predicted molar refractivity (Wildman–Crippen MR) is 150 cm³/mol. The van der Waals surface area contributed by atoms with E-state index in [-0.39, 0.29) is 30.8 Å². The smallest absolute Gasteiger partial charge is 0.331 e. The number of carbonyl (C=O) groups excluding carboxylic acids is 2. The van der Waals surface area contributed by atoms with Crippen LogP contribution in [0.25, 0.3) is 0 Å². The molecule has 15 atom stereocenters. The number of ketones is 1. The van der Waals surface area contributed by atoms with Gasteiger partial charge in [-0.15, -0.1) is 11.8 Å². The van der Waals surface area contributed by atoms with Crippen LogP contribution in [-0.2, 0) is 33.3 Å². The van der Waals surface area contributed by atoms with E-state index in [2.05, 4.69) is 6.92 Å². The average Bonchev–Trinajstić information content (AvgIpc) is 3.21. The summed E-state index contributed by atoms with van der Waals surface area (Å²) in [5.74, 6) is -3.06. The fourth-order valence-corrected chi connectivity index (χ4v) is 12.6. The first kappa shape index (κ1) is 27.9. The van der Waals surface area contributed by atoms with Crippen molar-refractivity contribution in [1.29, 1.82) is 0 Å². The number of rotatable bonds is 1. The molecule has 4 aliphatic carbocycles. The molecule has 9 aliphatic rings. The number of hydrogen-bond donors (Lipinski definition) is 3. The van der Waals surface area contributed by atoms with Gasteiger partial charge in [-0.2, -0.15) is 0 Å². The second-order valence-electron chi connectivity index (χ2n) is 15.0. The lowest BCUT2D eigenvalue weighted by Crippen LogP contribution is -2.77. The SMILES string of the molecule is CC1CC2(N=CCS2)C2(O)OC3CC4(C)C(CC3OC2O1)CC1OC12C4C(O)C(=O)C1(C)C(C3=CC(=O)OC3)CCC12O. The number of cyclic esters (lactones) is 1. The van der Waals surface area contributed by atoms with Gasteiger partial charge in [0.2, 0.25) is 6.29 Å². The third kappa shape index (κ3) is 3.02. The maximum Gasteiger partial charge on any atom is 0.331 e. The average molecular weight is 618 g/mol. The number of hydrogen-bond acceptors (Lipinski definition) is 12. The van der Waals surface area contributed by atoms with E-state index in [1.165, 1.54) is 17.8 Å². The molecule has 0 aromatic heterocycles. The van der Waals surface area contributed by atoms with Crippen LogP contribution in [0.5, 0.6) is 0 Å². The summed E-state index contributed by atoms with van der Waals surface area (Å²) in [4.78, 5) is 30.1. The molecule has 9 rings (SSSR count). The molecular formula is C31H39NO10S. The van der Waals surface area contributed by atoms with Gasteiger partial charge in [0.1, 0.15) is 23.9 Å². The monoisotopic (exact) mass is 617 g/mol. The fourth-order valence-electron chi connectivity index (χ4n) is 11.3. The lowest BCUT2D eigenvalue weighted by molar-refractivity contribution is -0.446. The molecule has 7 fully saturated rings. The van der Waals surface area contributed by atoms with Crippen molar-refractivity contribution in [2.75, 3.05) is 12.4 Å². The molecular weight excluding hydrogens is 578 g/mol. The molecule has 3 saturated heterocycles. The Morgan fingerprint density at radius 3 is 2.60 bits per heavy atom. The van der Waals surface area contributed by atoms with Crippen molar-refractivity contribution in [2.24, 2.45) is 33.6 Å². The first-order valence-electron chi connectivity index (χ1n) is 15.7. The Balaban J connectivity index is 1.08. The minimum Gasteiger partial charge on any atom is -0.458 e. The Hall–Kier alpha value is -1.38. The number of aliphatic hydroxyl groups excluding tert-OH is 1. The van der Waals surface area contributed by atoms with Gasteiger partial charge in [0, 0.05) is 30.4 Å². The summed E-state index contributed by atoms with van der Waals surface area (Å²) >= 11 is 1.53. The second kappa shape index (κ2) is 8.31. The van der Waals surface area contributed by atoms with E-state index in [1.54, 1.807) is 13.1 Å². The number of aliphatic hydroxyl groups is 3. The molecule has 5 heterocycles. The van der Waals surface area contributed by atoms with Gasteiger partial charge >= 0.3 is 5.97 Å². The molecule has 0 bridgehead atoms. The van der Waals surface area contributed by atoms with E-state index in [0.29, 0.717) is 49.9 Å². The van der Waals surface area contributed by atoms with Crippen molar-refractivity contribution in [3.05, 3.63) is 11.6 Å². The van der Waals surface area contributed by atoms with Crippen LogP contribution < -0.4 is 0 Å². The number of ether oxygens (including phenoxy) is 5. The molecule has 0 amide bonds. The standard InChI is InChI=1S/C31H39NO10S/c1-14-11-29(32-6-7-43-29)31(37)25(39-14)40-18-9-16-10-20-30(42-20)23(26(16,2)12-19(18)41-31)22(34)24(35)27(3)17(4-5-28(27,30)36)15-8-21(33)38-13-15/h6,8,14,16-20,22-23,25,34,36-37H,4-5,7,9-13H2,1-3H3. The third-order valence-electron chi connectivity index (χ3n) is 13.3. The van der Waals surface area contributed by atoms with Crippen LogP contribution in [0.2, 0.25) is 0 Å². The van der Waals surface area contributed by atoms with Crippen molar-refractivity contribution >= 4 is 29.7 Å². The highest BCUT2D eigenvalue weighted by Gasteiger charge is 2.89. The summed E-state index contributed by atoms with van der Waals surface area (Å²) in [7, 11) is 0. The molecule has 234 valence electrons. The van der Waals surface area contributed by atoms with Crippen molar-refractivity contribution in [2.45, 2.75) is 118 Å². The minimum absolute atomic E-state index is 0.0270. The number of esters is 1. The molecule has 0 aromatic rings. The van der Waals surface area contributed by atoms with E-state index in [9.17, 15) is 24.9 Å². The van der Waals surface area contributed by atoms with Crippen molar-refractivity contribution in [3.8, 4) is 0 Å². The Bertz CT molecular complexity index is 1390. The Kier molecular flexibility index (Phi) is 5.39. The van der Waals surface area contributed by atoms with Crippen LogP contribution in [0, 0.1) is 28.6 Å². The quantitative estimate of drug-likeness (QED) is 0.221. The highest BCUT2D eigenvalue weighted by molar-refractivity contribution is 8.01. The summed E-state index contributed by atoms with van der Waals surface area (Å²) in [6.07, 6.45) is 2.48. The van der Waals surface area contributed by atoms with Crippen LogP contribution >= 0.6 is 11.8 Å². The zero-order valence-corrected chi connectivity index (χ0v) is 25.4. The third-order valence-corrected chi connectivity index (χ3v) is 14.6. The van der Waals surface area contributed by atoms with Crippen molar-refractivity contribution in [3.63, 3.8) is 0 Å². The van der Waals surface area contributed by atoms with Gasteiger partial charge in [-0.1, -0.05) is 6.92 Å². The molecule has 5 aliphatic heterocycles. The van der Waals surface area contributed by atoms with Crippen LogP contribution in [0.1, 0.15) is 59.3 Å². The lowest BCUT2D eigenvalue weighted by atomic mass is 9.41. The van der Waals surface area contributed by atoms with E-state index in [4.69, 9.17) is 28.7 Å². The molecule has 3 N–H and O–H groups in total. The van der Waals surface area contributed by atoms with Crippen molar-refractivity contribution in [1.82, 2.24) is 0 Å². The summed E-state index contributed by atoms with van der Waals surface area (Å²) in [6.45, 7) is 5.87. The number of aliphatic imine (C=N–C) groups is 1. The zero-order valence-electron chi connectivity index (χ0n) is 24.6.